The minimum atomic E-state index is -1.35. The second-order valence-electron chi connectivity index (χ2n) is 6.86. The van der Waals surface area contributed by atoms with E-state index in [-0.39, 0.29) is 29.3 Å². The van der Waals surface area contributed by atoms with Crippen molar-refractivity contribution in [1.82, 2.24) is 9.97 Å². The molecular formula is C21H20F4N4. The highest BCUT2D eigenvalue weighted by atomic mass is 19.1. The summed E-state index contributed by atoms with van der Waals surface area (Å²) in [5, 5.41) is 3.55. The summed E-state index contributed by atoms with van der Waals surface area (Å²) in [5.41, 5.74) is 0.794. The van der Waals surface area contributed by atoms with Crippen LogP contribution < -0.4 is 5.84 Å². The maximum atomic E-state index is 14.5. The van der Waals surface area contributed by atoms with Crippen molar-refractivity contribution < 1.29 is 17.6 Å². The molecule has 2 N–H and O–H groups in total. The molecule has 3 rings (SSSR count). The molecule has 0 radical (unpaired) electrons. The lowest BCUT2D eigenvalue weighted by atomic mass is 9.82. The van der Waals surface area contributed by atoms with Gasteiger partial charge in [-0.1, -0.05) is 19.1 Å². The van der Waals surface area contributed by atoms with Crippen molar-refractivity contribution in [2.45, 2.75) is 31.9 Å². The van der Waals surface area contributed by atoms with Crippen molar-refractivity contribution in [3.05, 3.63) is 77.2 Å². The highest BCUT2D eigenvalue weighted by molar-refractivity contribution is 5.81. The van der Waals surface area contributed by atoms with E-state index in [0.717, 1.165) is 12.3 Å². The van der Waals surface area contributed by atoms with Gasteiger partial charge in [0, 0.05) is 29.7 Å². The van der Waals surface area contributed by atoms with Crippen LogP contribution in [0.1, 0.15) is 37.1 Å². The predicted molar refractivity (Wildman–Crippen MR) is 103 cm³/mol. The number of nitrogens with two attached hydrogens (primary N) is 1. The molecule has 0 saturated carbocycles. The summed E-state index contributed by atoms with van der Waals surface area (Å²) in [5.74, 6) is 2.34. The third-order valence-corrected chi connectivity index (χ3v) is 4.84. The molecule has 8 heteroatoms. The van der Waals surface area contributed by atoms with Gasteiger partial charge in [0.25, 0.3) is 0 Å². The summed E-state index contributed by atoms with van der Waals surface area (Å²) < 4.78 is 55.8. The van der Waals surface area contributed by atoms with Crippen LogP contribution in [0.15, 0.2) is 53.4 Å². The fraction of sp³-hybridized carbons (Fsp3) is 0.286. The Labute approximate surface area is 165 Å². The number of rotatable bonds is 5. The Hall–Kier alpha value is -3.03. The zero-order chi connectivity index (χ0) is 21.0. The SMILES string of the molecule is CC(/C=C(\C=N/N)C1C=C(c2ncccc2F)C(F)CC1)c1ncc(F)cc1F. The van der Waals surface area contributed by atoms with E-state index in [1.165, 1.54) is 24.5 Å². The maximum Gasteiger partial charge on any atom is 0.149 e. The van der Waals surface area contributed by atoms with Gasteiger partial charge in [0.05, 0.1) is 18.1 Å². The highest BCUT2D eigenvalue weighted by Crippen LogP contribution is 2.36. The fourth-order valence-electron chi connectivity index (χ4n) is 3.45. The van der Waals surface area contributed by atoms with Gasteiger partial charge in [-0.15, -0.1) is 0 Å². The molecule has 1 aliphatic carbocycles. The molecule has 3 atom stereocenters. The van der Waals surface area contributed by atoms with Crippen LogP contribution in [0, 0.1) is 23.4 Å². The Balaban J connectivity index is 1.98. The molecule has 1 aliphatic rings. The number of hydrogen-bond donors (Lipinski definition) is 1. The third kappa shape index (κ3) is 4.70. The lowest BCUT2D eigenvalue weighted by Crippen LogP contribution is -2.18. The molecule has 0 bridgehead atoms. The second kappa shape index (κ2) is 8.98. The Bertz CT molecular complexity index is 971. The predicted octanol–water partition coefficient (Wildman–Crippen LogP) is 4.70. The van der Waals surface area contributed by atoms with Gasteiger partial charge in [-0.2, -0.15) is 5.10 Å². The van der Waals surface area contributed by atoms with Crippen LogP contribution in [0.25, 0.3) is 5.57 Å². The van der Waals surface area contributed by atoms with Gasteiger partial charge in [0.2, 0.25) is 0 Å². The maximum absolute atomic E-state index is 14.5. The van der Waals surface area contributed by atoms with E-state index in [2.05, 4.69) is 15.1 Å². The normalized spacial score (nSPS) is 21.3. The van der Waals surface area contributed by atoms with E-state index in [9.17, 15) is 17.6 Å². The lowest BCUT2D eigenvalue weighted by molar-refractivity contribution is 0.357. The number of nitrogens with zero attached hydrogens (tertiary/aromatic N) is 3. The van der Waals surface area contributed by atoms with Crippen molar-refractivity contribution in [2.75, 3.05) is 0 Å². The Morgan fingerprint density at radius 1 is 1.24 bits per heavy atom. The van der Waals surface area contributed by atoms with Gasteiger partial charge in [-0.05, 0) is 30.5 Å². The van der Waals surface area contributed by atoms with Gasteiger partial charge in [0.1, 0.15) is 29.3 Å². The van der Waals surface area contributed by atoms with Gasteiger partial charge in [0.15, 0.2) is 0 Å². The summed E-state index contributed by atoms with van der Waals surface area (Å²) in [4.78, 5) is 7.78. The molecule has 0 aliphatic heterocycles. The molecular weight excluding hydrogens is 384 g/mol. The number of halogens is 4. The topological polar surface area (TPSA) is 64.2 Å². The first-order chi connectivity index (χ1) is 13.9. The molecule has 0 fully saturated rings. The van der Waals surface area contributed by atoms with E-state index in [0.29, 0.717) is 12.0 Å². The molecule has 2 aromatic rings. The molecule has 0 spiro atoms. The monoisotopic (exact) mass is 404 g/mol. The number of alkyl halides is 1. The highest BCUT2D eigenvalue weighted by Gasteiger charge is 2.28. The summed E-state index contributed by atoms with van der Waals surface area (Å²) in [7, 11) is 0. The molecule has 2 heterocycles. The van der Waals surface area contributed by atoms with Crippen molar-refractivity contribution in [3.8, 4) is 0 Å². The molecule has 0 amide bonds. The van der Waals surface area contributed by atoms with E-state index < -0.39 is 29.5 Å². The first-order valence-electron chi connectivity index (χ1n) is 9.13. The average molecular weight is 404 g/mol. The molecule has 0 aromatic carbocycles. The molecule has 0 saturated heterocycles. The molecule has 3 unspecified atom stereocenters. The quantitative estimate of drug-likeness (QED) is 0.340. The van der Waals surface area contributed by atoms with Crippen molar-refractivity contribution in [1.29, 1.82) is 0 Å². The van der Waals surface area contributed by atoms with Crippen LogP contribution in [-0.2, 0) is 0 Å². The Morgan fingerprint density at radius 3 is 2.72 bits per heavy atom. The van der Waals surface area contributed by atoms with E-state index in [1.54, 1.807) is 19.1 Å². The molecule has 29 heavy (non-hydrogen) atoms. The van der Waals surface area contributed by atoms with Crippen molar-refractivity contribution >= 4 is 11.8 Å². The average Bonchev–Trinajstić information content (AvgIpc) is 2.68. The summed E-state index contributed by atoms with van der Waals surface area (Å²) in [6.07, 6.45) is 6.28. The summed E-state index contributed by atoms with van der Waals surface area (Å²) >= 11 is 0. The molecule has 4 nitrogen and oxygen atoms in total. The largest absolute Gasteiger partial charge is 0.323 e. The van der Waals surface area contributed by atoms with Gasteiger partial charge < -0.3 is 5.84 Å². The van der Waals surface area contributed by atoms with E-state index in [1.807, 2.05) is 0 Å². The van der Waals surface area contributed by atoms with Gasteiger partial charge >= 0.3 is 0 Å². The van der Waals surface area contributed by atoms with Crippen LogP contribution in [0.5, 0.6) is 0 Å². The number of hydrazone groups is 1. The molecule has 2 aromatic heterocycles. The Morgan fingerprint density at radius 2 is 2.03 bits per heavy atom. The minimum absolute atomic E-state index is 0.0342. The summed E-state index contributed by atoms with van der Waals surface area (Å²) in [6, 6.07) is 3.42. The first kappa shape index (κ1) is 20.7. The first-order valence-corrected chi connectivity index (χ1v) is 9.13. The summed E-state index contributed by atoms with van der Waals surface area (Å²) in [6.45, 7) is 1.69. The smallest absolute Gasteiger partial charge is 0.149 e. The van der Waals surface area contributed by atoms with E-state index in [4.69, 9.17) is 5.84 Å². The minimum Gasteiger partial charge on any atom is -0.323 e. The van der Waals surface area contributed by atoms with Crippen LogP contribution in [-0.4, -0.2) is 22.4 Å². The third-order valence-electron chi connectivity index (χ3n) is 4.84. The Kier molecular flexibility index (Phi) is 6.41. The lowest BCUT2D eigenvalue weighted by Gasteiger charge is -2.25. The molecule has 152 valence electrons. The van der Waals surface area contributed by atoms with Crippen LogP contribution >= 0.6 is 0 Å². The van der Waals surface area contributed by atoms with Crippen molar-refractivity contribution in [2.24, 2.45) is 16.9 Å². The standard InChI is InChI=1S/C21H20F4N4/c1-12(20-19(25)9-15(22)11-28-20)7-14(10-29-26)13-4-5-17(23)16(8-13)21-18(24)3-2-6-27-21/h2-3,6-13,17H,4-5,26H2,1H3/b14-7+,29-10-. The van der Waals surface area contributed by atoms with Crippen LogP contribution in [0.3, 0.4) is 0 Å². The van der Waals surface area contributed by atoms with E-state index >= 15 is 0 Å². The van der Waals surface area contributed by atoms with Gasteiger partial charge in [-0.25, -0.2) is 17.6 Å². The van der Waals surface area contributed by atoms with Crippen molar-refractivity contribution in [3.63, 3.8) is 0 Å². The number of hydrogen-bond acceptors (Lipinski definition) is 4. The second-order valence-corrected chi connectivity index (χ2v) is 6.86. The zero-order valence-electron chi connectivity index (χ0n) is 15.7. The number of pyridine rings is 2. The zero-order valence-corrected chi connectivity index (χ0v) is 15.7. The van der Waals surface area contributed by atoms with Crippen LogP contribution in [0.4, 0.5) is 17.6 Å². The number of aromatic nitrogens is 2. The number of allylic oxidation sites excluding steroid dienone is 4. The van der Waals surface area contributed by atoms with Gasteiger partial charge in [-0.3, -0.25) is 9.97 Å². The fourth-order valence-corrected chi connectivity index (χ4v) is 3.45. The van der Waals surface area contributed by atoms with Crippen LogP contribution in [0.2, 0.25) is 0 Å².